The molecule has 6 nitrogen and oxygen atoms in total. The molecule has 1 saturated heterocycles. The second-order valence-corrected chi connectivity index (χ2v) is 9.07. The van der Waals surface area contributed by atoms with E-state index in [0.717, 1.165) is 12.0 Å². The van der Waals surface area contributed by atoms with Gasteiger partial charge in [0.1, 0.15) is 12.2 Å². The molecule has 0 radical (unpaired) electrons. The fourth-order valence-electron chi connectivity index (χ4n) is 6.09. The van der Waals surface area contributed by atoms with Crippen molar-refractivity contribution >= 4 is 11.9 Å². The van der Waals surface area contributed by atoms with Gasteiger partial charge in [-0.25, -0.2) is 4.79 Å². The summed E-state index contributed by atoms with van der Waals surface area (Å²) < 4.78 is 16.6. The molecule has 2 heterocycles. The molecule has 2 fully saturated rings. The number of hydrogen-bond acceptors (Lipinski definition) is 6. The molecule has 0 aromatic carbocycles. The lowest BCUT2D eigenvalue weighted by Gasteiger charge is -2.59. The van der Waals surface area contributed by atoms with Gasteiger partial charge >= 0.3 is 11.9 Å². The molecule has 4 rings (SSSR count). The van der Waals surface area contributed by atoms with Gasteiger partial charge in [0.25, 0.3) is 0 Å². The van der Waals surface area contributed by atoms with Gasteiger partial charge in [-0.15, -0.1) is 0 Å². The van der Waals surface area contributed by atoms with Crippen molar-refractivity contribution in [2.45, 2.75) is 65.3 Å². The molecule has 1 N–H and O–H groups in total. The molecule has 152 valence electrons. The Morgan fingerprint density at radius 1 is 1.43 bits per heavy atom. The average molecular weight is 388 g/mol. The van der Waals surface area contributed by atoms with Crippen LogP contribution in [0, 0.1) is 22.7 Å². The molecule has 2 aliphatic carbocycles. The largest absolute Gasteiger partial charge is 0.472 e. The van der Waals surface area contributed by atoms with E-state index in [2.05, 4.69) is 20.8 Å². The molecule has 0 bridgehead atoms. The number of carbonyl (C=O) groups is 2. The summed E-state index contributed by atoms with van der Waals surface area (Å²) >= 11 is 0. The van der Waals surface area contributed by atoms with Crippen molar-refractivity contribution in [3.8, 4) is 0 Å². The molecule has 3 aliphatic rings. The van der Waals surface area contributed by atoms with E-state index in [9.17, 15) is 14.7 Å². The summed E-state index contributed by atoms with van der Waals surface area (Å²) in [4.78, 5) is 24.4. The number of hydrogen-bond donors (Lipinski definition) is 1. The molecule has 0 spiro atoms. The highest BCUT2D eigenvalue weighted by Gasteiger charge is 2.67. The zero-order chi connectivity index (χ0) is 20.3. The van der Waals surface area contributed by atoms with E-state index in [0.29, 0.717) is 18.4 Å². The second kappa shape index (κ2) is 6.48. The molecule has 6 heteroatoms. The standard InChI is InChI=1S/C22H28O6/c1-12-9-18-22(4)15(20(25)28-18)5-6-17(27-13(2)23)19(22)21(12,3)10-16(24)14-7-8-26-11-14/h5,7-8,11-12,16-19,24H,6,9-10H2,1-4H3. The minimum atomic E-state index is -0.697. The highest BCUT2D eigenvalue weighted by molar-refractivity contribution is 5.93. The quantitative estimate of drug-likeness (QED) is 0.794. The monoisotopic (exact) mass is 388 g/mol. The van der Waals surface area contributed by atoms with E-state index >= 15 is 0 Å². The molecule has 7 unspecified atom stereocenters. The lowest BCUT2D eigenvalue weighted by atomic mass is 9.45. The molecule has 7 atom stereocenters. The molecular formula is C22H28O6. The Morgan fingerprint density at radius 2 is 2.18 bits per heavy atom. The van der Waals surface area contributed by atoms with Crippen LogP contribution >= 0.6 is 0 Å². The van der Waals surface area contributed by atoms with E-state index in [1.54, 1.807) is 18.6 Å². The third-order valence-corrected chi connectivity index (χ3v) is 7.57. The van der Waals surface area contributed by atoms with Crippen molar-refractivity contribution in [3.63, 3.8) is 0 Å². The topological polar surface area (TPSA) is 86.0 Å². The molecule has 28 heavy (non-hydrogen) atoms. The van der Waals surface area contributed by atoms with Crippen LogP contribution < -0.4 is 0 Å². The van der Waals surface area contributed by atoms with Gasteiger partial charge in [-0.1, -0.05) is 26.8 Å². The second-order valence-electron chi connectivity index (χ2n) is 9.07. The van der Waals surface area contributed by atoms with Crippen molar-refractivity contribution in [2.24, 2.45) is 22.7 Å². The van der Waals surface area contributed by atoms with Gasteiger partial charge in [0, 0.05) is 35.8 Å². The molecule has 1 aromatic heterocycles. The minimum Gasteiger partial charge on any atom is -0.472 e. The number of rotatable bonds is 4. The van der Waals surface area contributed by atoms with Crippen LogP contribution in [0.4, 0.5) is 0 Å². The SMILES string of the molecule is CC(=O)OC1CC=C2C(=O)OC3CC(C)C(C)(CC(O)c4ccoc4)C1C23C. The van der Waals surface area contributed by atoms with Gasteiger partial charge in [-0.3, -0.25) is 4.79 Å². The number of carbonyl (C=O) groups excluding carboxylic acids is 2. The lowest BCUT2D eigenvalue weighted by molar-refractivity contribution is -0.183. The highest BCUT2D eigenvalue weighted by atomic mass is 16.6. The van der Waals surface area contributed by atoms with Gasteiger partial charge in [0.05, 0.1) is 18.6 Å². The third-order valence-electron chi connectivity index (χ3n) is 7.57. The first-order chi connectivity index (χ1) is 13.2. The fraction of sp³-hybridized carbons (Fsp3) is 0.636. The Kier molecular flexibility index (Phi) is 4.45. The Bertz CT molecular complexity index is 811. The first-order valence-corrected chi connectivity index (χ1v) is 9.97. The first kappa shape index (κ1) is 19.2. The first-order valence-electron chi connectivity index (χ1n) is 9.97. The maximum Gasteiger partial charge on any atom is 0.334 e. The number of aliphatic hydroxyl groups is 1. The number of aliphatic hydroxyl groups excluding tert-OH is 1. The average Bonchev–Trinajstić information content (AvgIpc) is 3.21. The van der Waals surface area contributed by atoms with Crippen LogP contribution in [0.2, 0.25) is 0 Å². The zero-order valence-electron chi connectivity index (χ0n) is 16.8. The predicted octanol–water partition coefficient (Wildman–Crippen LogP) is 3.56. The Balaban J connectivity index is 1.78. The van der Waals surface area contributed by atoms with Crippen LogP contribution in [0.3, 0.4) is 0 Å². The Morgan fingerprint density at radius 3 is 2.82 bits per heavy atom. The van der Waals surface area contributed by atoms with Gasteiger partial charge in [0.2, 0.25) is 0 Å². The molecular weight excluding hydrogens is 360 g/mol. The highest BCUT2D eigenvalue weighted by Crippen LogP contribution is 2.65. The Labute approximate surface area is 164 Å². The van der Waals surface area contributed by atoms with E-state index in [1.165, 1.54) is 6.92 Å². The van der Waals surface area contributed by atoms with Crippen molar-refractivity contribution in [3.05, 3.63) is 35.8 Å². The molecule has 0 amide bonds. The smallest absolute Gasteiger partial charge is 0.334 e. The van der Waals surface area contributed by atoms with E-state index in [4.69, 9.17) is 13.9 Å². The van der Waals surface area contributed by atoms with Crippen LogP contribution in [0.15, 0.2) is 34.7 Å². The number of furan rings is 1. The van der Waals surface area contributed by atoms with Gasteiger partial charge in [0.15, 0.2) is 0 Å². The predicted molar refractivity (Wildman–Crippen MR) is 99.9 cm³/mol. The summed E-state index contributed by atoms with van der Waals surface area (Å²) in [6.45, 7) is 7.76. The number of esters is 2. The third kappa shape index (κ3) is 2.65. The van der Waals surface area contributed by atoms with Gasteiger partial charge in [-0.05, 0) is 30.2 Å². The summed E-state index contributed by atoms with van der Waals surface area (Å²) in [5, 5.41) is 10.9. The van der Waals surface area contributed by atoms with E-state index in [1.807, 2.05) is 6.08 Å². The van der Waals surface area contributed by atoms with Crippen molar-refractivity contribution < 1.29 is 28.6 Å². The van der Waals surface area contributed by atoms with Crippen LogP contribution in [-0.4, -0.2) is 29.3 Å². The summed E-state index contributed by atoms with van der Waals surface area (Å²) in [7, 11) is 0. The van der Waals surface area contributed by atoms with Crippen LogP contribution in [0.1, 0.15) is 58.6 Å². The summed E-state index contributed by atoms with van der Waals surface area (Å²) in [6, 6.07) is 1.77. The van der Waals surface area contributed by atoms with E-state index < -0.39 is 11.5 Å². The maximum atomic E-state index is 12.6. The molecule has 1 saturated carbocycles. The van der Waals surface area contributed by atoms with Crippen LogP contribution in [0.25, 0.3) is 0 Å². The van der Waals surface area contributed by atoms with Gasteiger partial charge < -0.3 is 19.0 Å². The molecule has 1 aliphatic heterocycles. The zero-order valence-corrected chi connectivity index (χ0v) is 16.8. The van der Waals surface area contributed by atoms with E-state index in [-0.39, 0.29) is 41.4 Å². The number of ether oxygens (including phenoxy) is 2. The van der Waals surface area contributed by atoms with Gasteiger partial charge in [-0.2, -0.15) is 0 Å². The normalized spacial score (nSPS) is 40.3. The fourth-order valence-corrected chi connectivity index (χ4v) is 6.09. The summed E-state index contributed by atoms with van der Waals surface area (Å²) in [5.41, 5.74) is 0.527. The van der Waals surface area contributed by atoms with Crippen LogP contribution in [0.5, 0.6) is 0 Å². The molecule has 1 aromatic rings. The summed E-state index contributed by atoms with van der Waals surface area (Å²) in [5.74, 6) is -0.556. The lowest BCUT2D eigenvalue weighted by Crippen LogP contribution is -2.60. The van der Waals surface area contributed by atoms with Crippen molar-refractivity contribution in [2.75, 3.05) is 0 Å². The minimum absolute atomic E-state index is 0.134. The van der Waals surface area contributed by atoms with Crippen LogP contribution in [-0.2, 0) is 19.1 Å². The summed E-state index contributed by atoms with van der Waals surface area (Å²) in [6.07, 6.45) is 5.40. The maximum absolute atomic E-state index is 12.6. The Hall–Kier alpha value is -2.08. The van der Waals surface area contributed by atoms with Crippen molar-refractivity contribution in [1.29, 1.82) is 0 Å². The van der Waals surface area contributed by atoms with Crippen molar-refractivity contribution in [1.82, 2.24) is 0 Å².